The first-order chi connectivity index (χ1) is 19.5. The molecule has 1 amide bonds. The highest BCUT2D eigenvalue weighted by atomic mass is 19.1. The van der Waals surface area contributed by atoms with Gasteiger partial charge in [0.25, 0.3) is 5.91 Å². The van der Waals surface area contributed by atoms with E-state index in [4.69, 9.17) is 15.2 Å². The second-order valence-corrected chi connectivity index (χ2v) is 8.92. The van der Waals surface area contributed by atoms with E-state index in [-0.39, 0.29) is 17.8 Å². The average Bonchev–Trinajstić information content (AvgIpc) is 2.97. The fourth-order valence-corrected chi connectivity index (χ4v) is 3.61. The number of anilines is 4. The number of nitrogens with zero attached hydrogens (tertiary/aromatic N) is 3. The number of nitrogens with one attached hydrogen (secondary N) is 4. The minimum Gasteiger partial charge on any atom is -0.378 e. The van der Waals surface area contributed by atoms with E-state index in [1.807, 2.05) is 0 Å². The zero-order valence-electron chi connectivity index (χ0n) is 23.1. The van der Waals surface area contributed by atoms with Gasteiger partial charge in [0.2, 0.25) is 17.8 Å². The average molecular weight is 555 g/mol. The molecule has 1 heterocycles. The number of rotatable bonds is 18. The molecule has 0 aliphatic carbocycles. The molecule has 0 aliphatic rings. The van der Waals surface area contributed by atoms with Gasteiger partial charge in [0.1, 0.15) is 5.82 Å². The lowest BCUT2D eigenvalue weighted by atomic mass is 10.2. The molecule has 216 valence electrons. The molecular weight excluding hydrogens is 515 g/mol. The minimum atomic E-state index is -0.287. The van der Waals surface area contributed by atoms with Crippen molar-refractivity contribution in [1.82, 2.24) is 20.3 Å². The predicted molar refractivity (Wildman–Crippen MR) is 154 cm³/mol. The molecule has 3 rings (SSSR count). The number of hydrogen-bond acceptors (Lipinski definition) is 10. The summed E-state index contributed by atoms with van der Waals surface area (Å²) in [7, 11) is 0. The van der Waals surface area contributed by atoms with Crippen LogP contribution in [0.25, 0.3) is 0 Å². The highest BCUT2D eigenvalue weighted by Crippen LogP contribution is 2.18. The van der Waals surface area contributed by atoms with Crippen LogP contribution in [0.15, 0.2) is 48.5 Å². The summed E-state index contributed by atoms with van der Waals surface area (Å²) in [5, 5.41) is 12.5. The van der Waals surface area contributed by atoms with Gasteiger partial charge in [-0.2, -0.15) is 15.0 Å². The minimum absolute atomic E-state index is 0.196. The van der Waals surface area contributed by atoms with Crippen molar-refractivity contribution in [2.45, 2.75) is 39.3 Å². The predicted octanol–water partition coefficient (Wildman–Crippen LogP) is 3.69. The van der Waals surface area contributed by atoms with Crippen molar-refractivity contribution in [3.05, 3.63) is 65.5 Å². The van der Waals surface area contributed by atoms with Crippen LogP contribution in [0.1, 0.15) is 42.6 Å². The summed E-state index contributed by atoms with van der Waals surface area (Å²) in [6, 6.07) is 13.5. The van der Waals surface area contributed by atoms with Crippen LogP contribution in [0.2, 0.25) is 0 Å². The first kappa shape index (κ1) is 30.7. The Labute approximate surface area is 234 Å². The van der Waals surface area contributed by atoms with Crippen LogP contribution in [0, 0.1) is 5.82 Å². The summed E-state index contributed by atoms with van der Waals surface area (Å²) in [5.41, 5.74) is 7.48. The molecule has 0 saturated heterocycles. The monoisotopic (exact) mass is 554 g/mol. The molecule has 0 fully saturated rings. The van der Waals surface area contributed by atoms with E-state index in [1.54, 1.807) is 36.4 Å². The third-order valence-electron chi connectivity index (χ3n) is 5.89. The van der Waals surface area contributed by atoms with Crippen LogP contribution in [0.5, 0.6) is 0 Å². The summed E-state index contributed by atoms with van der Waals surface area (Å²) in [6.45, 7) is 7.30. The maximum Gasteiger partial charge on any atom is 0.251 e. The number of aromatic nitrogens is 3. The normalized spacial score (nSPS) is 10.9. The van der Waals surface area contributed by atoms with Gasteiger partial charge in [0, 0.05) is 36.9 Å². The fraction of sp³-hybridized carbons (Fsp3) is 0.429. The van der Waals surface area contributed by atoms with Crippen molar-refractivity contribution < 1.29 is 18.7 Å². The van der Waals surface area contributed by atoms with Gasteiger partial charge in [-0.3, -0.25) is 4.79 Å². The Morgan fingerprint density at radius 3 is 2.20 bits per heavy atom. The Kier molecular flexibility index (Phi) is 13.0. The van der Waals surface area contributed by atoms with Crippen molar-refractivity contribution in [2.75, 3.05) is 55.5 Å². The quantitative estimate of drug-likeness (QED) is 0.147. The summed E-state index contributed by atoms with van der Waals surface area (Å²) in [5.74, 6) is 0.676. The van der Waals surface area contributed by atoms with E-state index in [0.29, 0.717) is 75.2 Å². The summed E-state index contributed by atoms with van der Waals surface area (Å²) >= 11 is 0. The summed E-state index contributed by atoms with van der Waals surface area (Å²) in [6.07, 6.45) is 1.84. The van der Waals surface area contributed by atoms with Gasteiger partial charge in [-0.25, -0.2) is 4.39 Å². The van der Waals surface area contributed by atoms with Gasteiger partial charge in [-0.15, -0.1) is 0 Å². The highest BCUT2D eigenvalue weighted by molar-refractivity contribution is 5.94. The number of ether oxygens (including phenoxy) is 2. The second-order valence-electron chi connectivity index (χ2n) is 8.92. The van der Waals surface area contributed by atoms with Crippen molar-refractivity contribution in [3.63, 3.8) is 0 Å². The molecule has 2 aromatic carbocycles. The lowest BCUT2D eigenvalue weighted by Crippen LogP contribution is -2.27. The third-order valence-corrected chi connectivity index (χ3v) is 5.89. The molecule has 0 atom stereocenters. The highest BCUT2D eigenvalue weighted by Gasteiger charge is 2.11. The molecule has 40 heavy (non-hydrogen) atoms. The summed E-state index contributed by atoms with van der Waals surface area (Å²) < 4.78 is 23.9. The zero-order chi connectivity index (χ0) is 28.6. The first-order valence-corrected chi connectivity index (χ1v) is 13.5. The van der Waals surface area contributed by atoms with E-state index < -0.39 is 0 Å². The van der Waals surface area contributed by atoms with E-state index >= 15 is 0 Å². The van der Waals surface area contributed by atoms with Gasteiger partial charge in [-0.1, -0.05) is 26.0 Å². The maximum atomic E-state index is 13.2. The van der Waals surface area contributed by atoms with E-state index in [9.17, 15) is 9.18 Å². The van der Waals surface area contributed by atoms with Crippen molar-refractivity contribution >= 4 is 29.4 Å². The van der Waals surface area contributed by atoms with Gasteiger partial charge in [0.15, 0.2) is 0 Å². The number of hydrogen-bond donors (Lipinski definition) is 5. The third kappa shape index (κ3) is 10.7. The van der Waals surface area contributed by atoms with Crippen LogP contribution in [0.3, 0.4) is 0 Å². The molecule has 1 aromatic heterocycles. The Morgan fingerprint density at radius 1 is 0.875 bits per heavy atom. The van der Waals surface area contributed by atoms with Crippen molar-refractivity contribution in [1.29, 1.82) is 0 Å². The van der Waals surface area contributed by atoms with Crippen LogP contribution in [0.4, 0.5) is 27.9 Å². The Hall–Kier alpha value is -3.87. The second kappa shape index (κ2) is 17.0. The smallest absolute Gasteiger partial charge is 0.251 e. The van der Waals surface area contributed by atoms with E-state index in [0.717, 1.165) is 18.4 Å². The Morgan fingerprint density at radius 2 is 1.52 bits per heavy atom. The first-order valence-electron chi connectivity index (χ1n) is 13.5. The molecule has 0 aliphatic heterocycles. The van der Waals surface area contributed by atoms with Crippen molar-refractivity contribution in [3.8, 4) is 0 Å². The SMILES string of the molecule is CCC(CC)Nc1nc(NCc2ccc(F)cc2)nc(Nc2ccc(C(=O)NCCOCCOCCN)cc2)n1. The number of benzene rings is 2. The lowest BCUT2D eigenvalue weighted by molar-refractivity contribution is 0.0511. The Balaban J connectivity index is 1.59. The van der Waals surface area contributed by atoms with Crippen molar-refractivity contribution in [2.24, 2.45) is 5.73 Å². The fourth-order valence-electron chi connectivity index (χ4n) is 3.61. The maximum absolute atomic E-state index is 13.2. The number of nitrogens with two attached hydrogens (primary N) is 1. The number of halogens is 1. The zero-order valence-corrected chi connectivity index (χ0v) is 23.1. The Bertz CT molecular complexity index is 1160. The largest absolute Gasteiger partial charge is 0.378 e. The van der Waals surface area contributed by atoms with Crippen LogP contribution >= 0.6 is 0 Å². The summed E-state index contributed by atoms with van der Waals surface area (Å²) in [4.78, 5) is 26.0. The molecule has 0 saturated carbocycles. The molecular formula is C28H39FN8O3. The molecule has 6 N–H and O–H groups in total. The molecule has 0 bridgehead atoms. The van der Waals surface area contributed by atoms with Crippen LogP contribution in [-0.2, 0) is 16.0 Å². The van der Waals surface area contributed by atoms with Gasteiger partial charge in [-0.05, 0) is 54.8 Å². The topological polar surface area (TPSA) is 148 Å². The number of amides is 1. The molecule has 11 nitrogen and oxygen atoms in total. The molecule has 12 heteroatoms. The number of carbonyl (C=O) groups is 1. The van der Waals surface area contributed by atoms with Gasteiger partial charge in [0.05, 0.1) is 26.4 Å². The number of carbonyl (C=O) groups excluding carboxylic acids is 1. The lowest BCUT2D eigenvalue weighted by Gasteiger charge is -2.16. The van der Waals surface area contributed by atoms with Crippen LogP contribution in [-0.4, -0.2) is 66.4 Å². The molecule has 3 aromatic rings. The molecule has 0 unspecified atom stereocenters. The van der Waals surface area contributed by atoms with Gasteiger partial charge >= 0.3 is 0 Å². The molecule has 0 spiro atoms. The van der Waals surface area contributed by atoms with Crippen LogP contribution < -0.4 is 27.0 Å². The standard InChI is InChI=1S/C28H39FN8O3/c1-3-23(4-2)33-27-35-26(32-19-20-5-9-22(29)10-6-20)36-28(37-27)34-24-11-7-21(8-12-24)25(38)31-14-16-40-18-17-39-15-13-30/h5-12,23H,3-4,13-19,30H2,1-2H3,(H,31,38)(H3,32,33,34,35,36,37). The van der Waals surface area contributed by atoms with Gasteiger partial charge < -0.3 is 36.5 Å². The van der Waals surface area contributed by atoms with E-state index in [2.05, 4.69) is 50.1 Å². The molecule has 0 radical (unpaired) electrons. The van der Waals surface area contributed by atoms with E-state index in [1.165, 1.54) is 12.1 Å².